The summed E-state index contributed by atoms with van der Waals surface area (Å²) in [6, 6.07) is 3.98. The van der Waals surface area contributed by atoms with Gasteiger partial charge in [0.05, 0.1) is 13.2 Å². The van der Waals surface area contributed by atoms with Crippen molar-refractivity contribution in [2.24, 2.45) is 5.92 Å². The van der Waals surface area contributed by atoms with Gasteiger partial charge in [0.2, 0.25) is 0 Å². The fourth-order valence-corrected chi connectivity index (χ4v) is 1.01. The van der Waals surface area contributed by atoms with E-state index in [-0.39, 0.29) is 0 Å². The van der Waals surface area contributed by atoms with Crippen molar-refractivity contribution in [1.82, 2.24) is 4.68 Å². The summed E-state index contributed by atoms with van der Waals surface area (Å²) in [5.74, 6) is 0.617. The molecule has 1 aromatic rings. The van der Waals surface area contributed by atoms with E-state index in [4.69, 9.17) is 4.74 Å². The summed E-state index contributed by atoms with van der Waals surface area (Å²) in [5.41, 5.74) is 3.19. The number of rotatable bonds is 6. The first-order valence-electron chi connectivity index (χ1n) is 4.73. The summed E-state index contributed by atoms with van der Waals surface area (Å²) in [6.07, 6.45) is 3.95. The van der Waals surface area contributed by atoms with Crippen LogP contribution in [0.15, 0.2) is 24.5 Å². The molecule has 3 heteroatoms. The van der Waals surface area contributed by atoms with Gasteiger partial charge >= 0.3 is 0 Å². The fourth-order valence-electron chi connectivity index (χ4n) is 1.01. The molecule has 0 aromatic carbocycles. The predicted octanol–water partition coefficient (Wildman–Crippen LogP) is 1.70. The summed E-state index contributed by atoms with van der Waals surface area (Å²) in [5, 5.41) is 0. The molecule has 0 bridgehead atoms. The first-order chi connectivity index (χ1) is 6.29. The first kappa shape index (κ1) is 10.1. The average Bonchev–Trinajstić information content (AvgIpc) is 2.55. The third-order valence-corrected chi connectivity index (χ3v) is 1.60. The van der Waals surface area contributed by atoms with Crippen molar-refractivity contribution in [1.29, 1.82) is 0 Å². The molecule has 0 aliphatic heterocycles. The molecule has 3 nitrogen and oxygen atoms in total. The molecule has 0 atom stereocenters. The van der Waals surface area contributed by atoms with Gasteiger partial charge in [-0.15, -0.1) is 0 Å². The molecule has 13 heavy (non-hydrogen) atoms. The zero-order chi connectivity index (χ0) is 9.52. The Morgan fingerprint density at radius 2 is 2.00 bits per heavy atom. The van der Waals surface area contributed by atoms with E-state index in [2.05, 4.69) is 19.3 Å². The van der Waals surface area contributed by atoms with Crippen LogP contribution in [-0.4, -0.2) is 24.4 Å². The third-order valence-electron chi connectivity index (χ3n) is 1.60. The molecule has 74 valence electrons. The molecule has 1 N–H and O–H groups in total. The van der Waals surface area contributed by atoms with Crippen LogP contribution in [0.5, 0.6) is 0 Å². The Balaban J connectivity index is 1.96. The molecule has 0 fully saturated rings. The highest BCUT2D eigenvalue weighted by atomic mass is 16.5. The molecule has 1 aromatic heterocycles. The molecular weight excluding hydrogens is 164 g/mol. The van der Waals surface area contributed by atoms with Crippen molar-refractivity contribution in [2.45, 2.75) is 13.8 Å². The first-order valence-corrected chi connectivity index (χ1v) is 4.73. The third kappa shape index (κ3) is 4.58. The Labute approximate surface area is 79.7 Å². The van der Waals surface area contributed by atoms with Gasteiger partial charge in [-0.3, -0.25) is 4.68 Å². The van der Waals surface area contributed by atoms with Gasteiger partial charge in [-0.1, -0.05) is 13.8 Å². The van der Waals surface area contributed by atoms with Crippen LogP contribution in [0, 0.1) is 5.92 Å². The van der Waals surface area contributed by atoms with E-state index in [1.165, 1.54) is 0 Å². The van der Waals surface area contributed by atoms with Crippen molar-refractivity contribution < 1.29 is 4.74 Å². The van der Waals surface area contributed by atoms with Crippen molar-refractivity contribution in [2.75, 3.05) is 25.2 Å². The highest BCUT2D eigenvalue weighted by Crippen LogP contribution is 1.91. The minimum atomic E-state index is 0.617. The minimum absolute atomic E-state index is 0.617. The number of hydrogen-bond acceptors (Lipinski definition) is 2. The fraction of sp³-hybridized carbons (Fsp3) is 0.600. The van der Waals surface area contributed by atoms with Gasteiger partial charge in [0, 0.05) is 19.0 Å². The van der Waals surface area contributed by atoms with Gasteiger partial charge in [-0.05, 0) is 18.1 Å². The van der Waals surface area contributed by atoms with Crippen LogP contribution in [0.3, 0.4) is 0 Å². The summed E-state index contributed by atoms with van der Waals surface area (Å²) in [7, 11) is 0. The molecule has 0 aliphatic rings. The van der Waals surface area contributed by atoms with E-state index < -0.39 is 0 Å². The average molecular weight is 182 g/mol. The Kier molecular flexibility index (Phi) is 4.40. The topological polar surface area (TPSA) is 26.2 Å². The Hall–Kier alpha value is -0.960. The molecule has 0 unspecified atom stereocenters. The molecule has 0 saturated heterocycles. The van der Waals surface area contributed by atoms with E-state index in [0.717, 1.165) is 19.8 Å². The molecule has 0 radical (unpaired) electrons. The Morgan fingerprint density at radius 1 is 1.31 bits per heavy atom. The highest BCUT2D eigenvalue weighted by molar-refractivity contribution is 4.92. The summed E-state index contributed by atoms with van der Waals surface area (Å²) < 4.78 is 7.35. The van der Waals surface area contributed by atoms with Crippen LogP contribution >= 0.6 is 0 Å². The van der Waals surface area contributed by atoms with Crippen LogP contribution in [0.2, 0.25) is 0 Å². The van der Waals surface area contributed by atoms with Gasteiger partial charge in [0.25, 0.3) is 0 Å². The second-order valence-corrected chi connectivity index (χ2v) is 3.47. The summed E-state index contributed by atoms with van der Waals surface area (Å²) >= 11 is 0. The smallest absolute Gasteiger partial charge is 0.0655 e. The van der Waals surface area contributed by atoms with Crippen molar-refractivity contribution in [3.63, 3.8) is 0 Å². The van der Waals surface area contributed by atoms with Gasteiger partial charge < -0.3 is 10.2 Å². The van der Waals surface area contributed by atoms with Crippen LogP contribution in [0.25, 0.3) is 0 Å². The number of ether oxygens (including phenoxy) is 1. The van der Waals surface area contributed by atoms with Gasteiger partial charge in [-0.2, -0.15) is 0 Å². The number of aromatic nitrogens is 1. The SMILES string of the molecule is CC(C)COCCNn1cccc1. The minimum Gasteiger partial charge on any atom is -0.379 e. The zero-order valence-electron chi connectivity index (χ0n) is 8.36. The molecule has 0 spiro atoms. The van der Waals surface area contributed by atoms with Crippen LogP contribution in [0.1, 0.15) is 13.8 Å². The molecule has 0 amide bonds. The summed E-state index contributed by atoms with van der Waals surface area (Å²) in [4.78, 5) is 0. The second-order valence-electron chi connectivity index (χ2n) is 3.47. The summed E-state index contributed by atoms with van der Waals surface area (Å²) in [6.45, 7) is 6.75. The van der Waals surface area contributed by atoms with Crippen LogP contribution in [0.4, 0.5) is 0 Å². The predicted molar refractivity (Wildman–Crippen MR) is 54.3 cm³/mol. The zero-order valence-corrected chi connectivity index (χ0v) is 8.36. The lowest BCUT2D eigenvalue weighted by Crippen LogP contribution is -2.19. The number of nitrogens with one attached hydrogen (secondary N) is 1. The molecule has 1 rings (SSSR count). The standard InChI is InChI=1S/C10H18N2O/c1-10(2)9-13-8-5-11-12-6-3-4-7-12/h3-4,6-7,10-11H,5,8-9H2,1-2H3. The molecule has 1 heterocycles. The lowest BCUT2D eigenvalue weighted by atomic mass is 10.2. The lowest BCUT2D eigenvalue weighted by Gasteiger charge is -2.09. The largest absolute Gasteiger partial charge is 0.379 e. The lowest BCUT2D eigenvalue weighted by molar-refractivity contribution is 0.117. The highest BCUT2D eigenvalue weighted by Gasteiger charge is 1.92. The van der Waals surface area contributed by atoms with Crippen molar-refractivity contribution in [3.8, 4) is 0 Å². The molecular formula is C10H18N2O. The van der Waals surface area contributed by atoms with Crippen molar-refractivity contribution >= 4 is 0 Å². The van der Waals surface area contributed by atoms with Gasteiger partial charge in [0.15, 0.2) is 0 Å². The van der Waals surface area contributed by atoms with E-state index >= 15 is 0 Å². The normalized spacial score (nSPS) is 10.7. The van der Waals surface area contributed by atoms with Gasteiger partial charge in [0.1, 0.15) is 0 Å². The quantitative estimate of drug-likeness (QED) is 0.678. The van der Waals surface area contributed by atoms with Crippen molar-refractivity contribution in [3.05, 3.63) is 24.5 Å². The Morgan fingerprint density at radius 3 is 2.62 bits per heavy atom. The molecule has 0 saturated carbocycles. The Bertz CT molecular complexity index is 207. The maximum atomic E-state index is 5.42. The monoisotopic (exact) mass is 182 g/mol. The number of nitrogens with zero attached hydrogens (tertiary/aromatic N) is 1. The second kappa shape index (κ2) is 5.65. The number of hydrogen-bond donors (Lipinski definition) is 1. The van der Waals surface area contributed by atoms with E-state index in [9.17, 15) is 0 Å². The van der Waals surface area contributed by atoms with E-state index in [1.807, 2.05) is 29.2 Å². The van der Waals surface area contributed by atoms with E-state index in [0.29, 0.717) is 5.92 Å². The van der Waals surface area contributed by atoms with Crippen LogP contribution < -0.4 is 5.43 Å². The maximum absolute atomic E-state index is 5.42. The van der Waals surface area contributed by atoms with Gasteiger partial charge in [-0.25, -0.2) is 0 Å². The van der Waals surface area contributed by atoms with E-state index in [1.54, 1.807) is 0 Å². The molecule has 0 aliphatic carbocycles. The maximum Gasteiger partial charge on any atom is 0.0655 e. The van der Waals surface area contributed by atoms with Crippen LogP contribution in [-0.2, 0) is 4.74 Å².